The molecule has 1 heterocycles. The lowest BCUT2D eigenvalue weighted by Crippen LogP contribution is -2.52. The molecule has 0 aromatic carbocycles. The molecule has 88 valence electrons. The standard InChI is InChI=1S/C9H18N2O3S/c1-9(14,6-12)5-11-8(13)7-4-15-3-2-10-7/h7,10,12,14H,2-6H2,1H3,(H,11,13). The molecule has 0 bridgehead atoms. The molecule has 1 rings (SSSR count). The van der Waals surface area contributed by atoms with Gasteiger partial charge in [0, 0.05) is 24.6 Å². The van der Waals surface area contributed by atoms with E-state index >= 15 is 0 Å². The summed E-state index contributed by atoms with van der Waals surface area (Å²) >= 11 is 1.74. The van der Waals surface area contributed by atoms with Crippen molar-refractivity contribution in [1.82, 2.24) is 10.6 Å². The number of nitrogens with one attached hydrogen (secondary N) is 2. The van der Waals surface area contributed by atoms with Crippen molar-refractivity contribution in [2.45, 2.75) is 18.6 Å². The number of carbonyl (C=O) groups is 1. The van der Waals surface area contributed by atoms with Crippen LogP contribution in [0.4, 0.5) is 0 Å². The van der Waals surface area contributed by atoms with Gasteiger partial charge >= 0.3 is 0 Å². The summed E-state index contributed by atoms with van der Waals surface area (Å²) in [5, 5.41) is 24.0. The Bertz CT molecular complexity index is 217. The van der Waals surface area contributed by atoms with Crippen LogP contribution in [0.15, 0.2) is 0 Å². The maximum Gasteiger partial charge on any atom is 0.238 e. The van der Waals surface area contributed by atoms with Gasteiger partial charge in [0.05, 0.1) is 12.6 Å². The topological polar surface area (TPSA) is 81.6 Å². The van der Waals surface area contributed by atoms with Crippen LogP contribution in [0.2, 0.25) is 0 Å². The van der Waals surface area contributed by atoms with Gasteiger partial charge in [0.15, 0.2) is 0 Å². The molecule has 1 aliphatic heterocycles. The molecule has 0 aromatic heterocycles. The van der Waals surface area contributed by atoms with E-state index in [9.17, 15) is 9.90 Å². The van der Waals surface area contributed by atoms with E-state index < -0.39 is 5.60 Å². The van der Waals surface area contributed by atoms with E-state index in [-0.39, 0.29) is 25.1 Å². The van der Waals surface area contributed by atoms with Gasteiger partial charge < -0.3 is 20.8 Å². The lowest BCUT2D eigenvalue weighted by atomic mass is 10.1. The third-order valence-electron chi connectivity index (χ3n) is 2.22. The SMILES string of the molecule is CC(O)(CO)CNC(=O)C1CSCCN1. The van der Waals surface area contributed by atoms with E-state index in [0.717, 1.165) is 18.1 Å². The van der Waals surface area contributed by atoms with Gasteiger partial charge in [-0.2, -0.15) is 11.8 Å². The predicted molar refractivity (Wildman–Crippen MR) is 59.8 cm³/mol. The Morgan fingerprint density at radius 1 is 1.73 bits per heavy atom. The molecule has 1 amide bonds. The molecule has 15 heavy (non-hydrogen) atoms. The molecule has 2 unspecified atom stereocenters. The van der Waals surface area contributed by atoms with E-state index in [2.05, 4.69) is 10.6 Å². The van der Waals surface area contributed by atoms with Crippen molar-refractivity contribution in [3.05, 3.63) is 0 Å². The average Bonchev–Trinajstić information content (AvgIpc) is 2.27. The minimum atomic E-state index is -1.24. The third kappa shape index (κ3) is 4.38. The highest BCUT2D eigenvalue weighted by Crippen LogP contribution is 2.07. The second kappa shape index (κ2) is 5.69. The Morgan fingerprint density at radius 3 is 3.00 bits per heavy atom. The molecule has 1 saturated heterocycles. The molecule has 0 aromatic rings. The number of thioether (sulfide) groups is 1. The minimum Gasteiger partial charge on any atom is -0.393 e. The van der Waals surface area contributed by atoms with Crippen LogP contribution in [0, 0.1) is 0 Å². The first kappa shape index (κ1) is 12.8. The number of hydrogen-bond donors (Lipinski definition) is 4. The van der Waals surface area contributed by atoms with Gasteiger partial charge in [-0.25, -0.2) is 0 Å². The van der Waals surface area contributed by atoms with Crippen LogP contribution in [0.3, 0.4) is 0 Å². The second-order valence-electron chi connectivity index (χ2n) is 3.95. The van der Waals surface area contributed by atoms with Crippen molar-refractivity contribution in [2.24, 2.45) is 0 Å². The Balaban J connectivity index is 2.28. The van der Waals surface area contributed by atoms with Gasteiger partial charge in [-0.3, -0.25) is 4.79 Å². The van der Waals surface area contributed by atoms with Crippen LogP contribution in [0.25, 0.3) is 0 Å². The molecule has 2 atom stereocenters. The normalized spacial score (nSPS) is 25.7. The summed E-state index contributed by atoms with van der Waals surface area (Å²) in [6.45, 7) is 2.03. The van der Waals surface area contributed by atoms with Crippen LogP contribution in [-0.2, 0) is 4.79 Å². The maximum absolute atomic E-state index is 11.6. The van der Waals surface area contributed by atoms with E-state index in [0.29, 0.717) is 0 Å². The van der Waals surface area contributed by atoms with Crippen molar-refractivity contribution in [2.75, 3.05) is 31.2 Å². The number of carbonyl (C=O) groups excluding carboxylic acids is 1. The number of aliphatic hydroxyl groups excluding tert-OH is 1. The molecular weight excluding hydrogens is 216 g/mol. The Kier molecular flexibility index (Phi) is 4.85. The third-order valence-corrected chi connectivity index (χ3v) is 3.28. The highest BCUT2D eigenvalue weighted by molar-refractivity contribution is 7.99. The van der Waals surface area contributed by atoms with Crippen molar-refractivity contribution in [3.63, 3.8) is 0 Å². The fraction of sp³-hybridized carbons (Fsp3) is 0.889. The number of amides is 1. The lowest BCUT2D eigenvalue weighted by molar-refractivity contribution is -0.124. The van der Waals surface area contributed by atoms with Crippen LogP contribution in [-0.4, -0.2) is 59.0 Å². The summed E-state index contributed by atoms with van der Waals surface area (Å²) in [5.41, 5.74) is -1.24. The highest BCUT2D eigenvalue weighted by Gasteiger charge is 2.24. The number of aliphatic hydroxyl groups is 2. The van der Waals surface area contributed by atoms with Gasteiger partial charge in [-0.1, -0.05) is 0 Å². The molecule has 0 saturated carbocycles. The molecule has 4 N–H and O–H groups in total. The van der Waals surface area contributed by atoms with Gasteiger partial charge in [0.1, 0.15) is 5.60 Å². The fourth-order valence-corrected chi connectivity index (χ4v) is 2.12. The average molecular weight is 234 g/mol. The minimum absolute atomic E-state index is 0.0746. The summed E-state index contributed by atoms with van der Waals surface area (Å²) < 4.78 is 0. The van der Waals surface area contributed by atoms with Crippen LogP contribution >= 0.6 is 11.8 Å². The maximum atomic E-state index is 11.6. The molecule has 0 radical (unpaired) electrons. The van der Waals surface area contributed by atoms with Crippen LogP contribution in [0.1, 0.15) is 6.92 Å². The highest BCUT2D eigenvalue weighted by atomic mass is 32.2. The zero-order valence-corrected chi connectivity index (χ0v) is 9.64. The first-order chi connectivity index (χ1) is 7.05. The summed E-state index contributed by atoms with van der Waals surface area (Å²) in [6.07, 6.45) is 0. The van der Waals surface area contributed by atoms with E-state index in [4.69, 9.17) is 5.11 Å². The van der Waals surface area contributed by atoms with E-state index in [1.807, 2.05) is 0 Å². The Hall–Kier alpha value is -0.300. The van der Waals surface area contributed by atoms with Crippen molar-refractivity contribution in [1.29, 1.82) is 0 Å². The Morgan fingerprint density at radius 2 is 2.47 bits per heavy atom. The predicted octanol–water partition coefficient (Wildman–Crippen LogP) is -1.45. The zero-order valence-electron chi connectivity index (χ0n) is 8.82. The summed E-state index contributed by atoms with van der Waals surface area (Å²) in [5.74, 6) is 1.67. The van der Waals surface area contributed by atoms with E-state index in [1.165, 1.54) is 6.92 Å². The first-order valence-corrected chi connectivity index (χ1v) is 6.13. The molecule has 6 heteroatoms. The summed E-state index contributed by atoms with van der Waals surface area (Å²) in [7, 11) is 0. The molecule has 1 aliphatic rings. The monoisotopic (exact) mass is 234 g/mol. The summed E-state index contributed by atoms with van der Waals surface area (Å²) in [6, 6.07) is -0.182. The van der Waals surface area contributed by atoms with Crippen molar-refractivity contribution in [3.8, 4) is 0 Å². The van der Waals surface area contributed by atoms with Gasteiger partial charge in [-0.05, 0) is 6.92 Å². The van der Waals surface area contributed by atoms with Crippen molar-refractivity contribution >= 4 is 17.7 Å². The smallest absolute Gasteiger partial charge is 0.238 e. The van der Waals surface area contributed by atoms with Gasteiger partial charge in [-0.15, -0.1) is 0 Å². The van der Waals surface area contributed by atoms with Gasteiger partial charge in [0.25, 0.3) is 0 Å². The summed E-state index contributed by atoms with van der Waals surface area (Å²) in [4.78, 5) is 11.6. The molecular formula is C9H18N2O3S. The number of rotatable bonds is 4. The molecule has 0 aliphatic carbocycles. The second-order valence-corrected chi connectivity index (χ2v) is 5.10. The molecule has 5 nitrogen and oxygen atoms in total. The van der Waals surface area contributed by atoms with Crippen LogP contribution in [0.5, 0.6) is 0 Å². The van der Waals surface area contributed by atoms with Gasteiger partial charge in [0.2, 0.25) is 5.91 Å². The molecule has 0 spiro atoms. The van der Waals surface area contributed by atoms with E-state index in [1.54, 1.807) is 11.8 Å². The zero-order chi connectivity index (χ0) is 11.3. The molecule has 1 fully saturated rings. The Labute approximate surface area is 93.6 Å². The largest absolute Gasteiger partial charge is 0.393 e. The quantitative estimate of drug-likeness (QED) is 0.478. The first-order valence-electron chi connectivity index (χ1n) is 4.97. The van der Waals surface area contributed by atoms with Crippen LogP contribution < -0.4 is 10.6 Å². The fourth-order valence-electron chi connectivity index (χ4n) is 1.19. The lowest BCUT2D eigenvalue weighted by Gasteiger charge is -2.25. The number of hydrogen-bond acceptors (Lipinski definition) is 5. The van der Waals surface area contributed by atoms with Crippen molar-refractivity contribution < 1.29 is 15.0 Å².